The normalized spacial score (nSPS) is 18.5. The van der Waals surface area contributed by atoms with Crippen molar-refractivity contribution in [3.63, 3.8) is 0 Å². The van der Waals surface area contributed by atoms with Crippen LogP contribution < -0.4 is 5.32 Å². The second kappa shape index (κ2) is 6.51. The summed E-state index contributed by atoms with van der Waals surface area (Å²) in [6.45, 7) is 6.12. The van der Waals surface area contributed by atoms with Crippen LogP contribution in [0, 0.1) is 11.2 Å². The highest BCUT2D eigenvalue weighted by molar-refractivity contribution is 5.69. The molecule has 0 radical (unpaired) electrons. The molecule has 0 bridgehead atoms. The Bertz CT molecular complexity index is 814. The summed E-state index contributed by atoms with van der Waals surface area (Å²) >= 11 is 0. The molecule has 1 aliphatic carbocycles. The van der Waals surface area contributed by atoms with E-state index in [2.05, 4.69) is 12.2 Å². The van der Waals surface area contributed by atoms with Crippen molar-refractivity contribution in [2.45, 2.75) is 46.1 Å². The molecule has 0 heterocycles. The monoisotopic (exact) mass is 341 g/mol. The molecule has 132 valence electrons. The number of halogens is 1. The third-order valence-electron chi connectivity index (χ3n) is 5.27. The fourth-order valence-corrected chi connectivity index (χ4v) is 3.72. The zero-order valence-corrected chi connectivity index (χ0v) is 14.9. The molecule has 2 aromatic carbocycles. The van der Waals surface area contributed by atoms with Crippen molar-refractivity contribution in [1.29, 1.82) is 0 Å². The minimum Gasteiger partial charge on any atom is -0.465 e. The van der Waals surface area contributed by atoms with Gasteiger partial charge in [0, 0.05) is 5.56 Å². The van der Waals surface area contributed by atoms with Crippen molar-refractivity contribution in [2.24, 2.45) is 5.41 Å². The molecular weight excluding hydrogens is 317 g/mol. The van der Waals surface area contributed by atoms with Crippen LogP contribution in [0.15, 0.2) is 36.4 Å². The predicted octanol–water partition coefficient (Wildman–Crippen LogP) is 5.34. The van der Waals surface area contributed by atoms with E-state index in [0.29, 0.717) is 5.56 Å². The molecule has 4 heteroatoms. The minimum atomic E-state index is -1.08. The van der Waals surface area contributed by atoms with Gasteiger partial charge >= 0.3 is 6.09 Å². The van der Waals surface area contributed by atoms with Crippen LogP contribution in [-0.4, -0.2) is 11.2 Å². The second-order valence-electron chi connectivity index (χ2n) is 7.46. The summed E-state index contributed by atoms with van der Waals surface area (Å²) in [5, 5.41) is 11.8. The highest BCUT2D eigenvalue weighted by atomic mass is 19.1. The highest BCUT2D eigenvalue weighted by Gasteiger charge is 2.37. The van der Waals surface area contributed by atoms with Crippen molar-refractivity contribution in [2.75, 3.05) is 0 Å². The van der Waals surface area contributed by atoms with E-state index in [1.165, 1.54) is 11.6 Å². The molecule has 0 aliphatic heterocycles. The molecule has 0 aromatic heterocycles. The van der Waals surface area contributed by atoms with E-state index in [9.17, 15) is 14.3 Å². The summed E-state index contributed by atoms with van der Waals surface area (Å²) in [4.78, 5) is 11.2. The molecule has 0 saturated heterocycles. The molecule has 1 aliphatic rings. The molecular formula is C21H24FNO2. The van der Waals surface area contributed by atoms with Crippen LogP contribution in [0.4, 0.5) is 9.18 Å². The van der Waals surface area contributed by atoms with Crippen LogP contribution in [-0.2, 0) is 12.8 Å². The molecule has 0 fully saturated rings. The van der Waals surface area contributed by atoms with E-state index in [0.717, 1.165) is 36.0 Å². The van der Waals surface area contributed by atoms with Gasteiger partial charge in [0.1, 0.15) is 5.82 Å². The average Bonchev–Trinajstić information content (AvgIpc) is 2.57. The average molecular weight is 341 g/mol. The first-order valence-corrected chi connectivity index (χ1v) is 8.73. The van der Waals surface area contributed by atoms with Crippen molar-refractivity contribution in [3.05, 3.63) is 58.9 Å². The Kier molecular flexibility index (Phi) is 4.55. The maximum absolute atomic E-state index is 14.9. The lowest BCUT2D eigenvalue weighted by molar-refractivity contribution is 0.161. The van der Waals surface area contributed by atoms with Crippen molar-refractivity contribution in [3.8, 4) is 11.1 Å². The summed E-state index contributed by atoms with van der Waals surface area (Å²) < 4.78 is 14.9. The van der Waals surface area contributed by atoms with E-state index in [-0.39, 0.29) is 11.2 Å². The molecule has 0 unspecified atom stereocenters. The molecule has 1 atom stereocenters. The number of carbonyl (C=O) groups is 1. The molecule has 0 spiro atoms. The third kappa shape index (κ3) is 3.39. The van der Waals surface area contributed by atoms with Gasteiger partial charge in [0.15, 0.2) is 0 Å². The first-order chi connectivity index (χ1) is 11.8. The van der Waals surface area contributed by atoms with Crippen molar-refractivity contribution in [1.82, 2.24) is 5.32 Å². The Balaban J connectivity index is 2.08. The lowest BCUT2D eigenvalue weighted by atomic mass is 9.70. The molecule has 25 heavy (non-hydrogen) atoms. The quantitative estimate of drug-likeness (QED) is 0.792. The van der Waals surface area contributed by atoms with E-state index in [4.69, 9.17) is 0 Å². The summed E-state index contributed by atoms with van der Waals surface area (Å²) in [6.07, 6.45) is 1.50. The van der Waals surface area contributed by atoms with Gasteiger partial charge in [0.25, 0.3) is 0 Å². The Morgan fingerprint density at radius 3 is 2.76 bits per heavy atom. The Morgan fingerprint density at radius 1 is 1.32 bits per heavy atom. The van der Waals surface area contributed by atoms with Gasteiger partial charge in [-0.2, -0.15) is 0 Å². The number of carboxylic acid groups (broad SMARTS) is 1. The SMILES string of the molecule is CCc1cccc(-c2cc3c(cc2F)[C@H](NC(=O)O)C(C)(C)CC3)c1. The highest BCUT2D eigenvalue weighted by Crippen LogP contribution is 2.45. The number of benzene rings is 2. The number of aryl methyl sites for hydroxylation is 2. The van der Waals surface area contributed by atoms with Crippen LogP contribution in [0.3, 0.4) is 0 Å². The topological polar surface area (TPSA) is 49.3 Å². The number of amides is 1. The number of hydrogen-bond acceptors (Lipinski definition) is 1. The van der Waals surface area contributed by atoms with Gasteiger partial charge < -0.3 is 10.4 Å². The maximum atomic E-state index is 14.9. The largest absolute Gasteiger partial charge is 0.465 e. The fourth-order valence-electron chi connectivity index (χ4n) is 3.72. The predicted molar refractivity (Wildman–Crippen MR) is 97.2 cm³/mol. The number of hydrogen-bond donors (Lipinski definition) is 2. The van der Waals surface area contributed by atoms with Crippen molar-refractivity contribution < 1.29 is 14.3 Å². The second-order valence-corrected chi connectivity index (χ2v) is 7.46. The van der Waals surface area contributed by atoms with Gasteiger partial charge in [-0.15, -0.1) is 0 Å². The summed E-state index contributed by atoms with van der Waals surface area (Å²) in [5.74, 6) is -0.304. The number of fused-ring (bicyclic) bond motifs is 1. The van der Waals surface area contributed by atoms with Gasteiger partial charge in [0.05, 0.1) is 6.04 Å². The molecule has 0 saturated carbocycles. The smallest absolute Gasteiger partial charge is 0.405 e. The van der Waals surface area contributed by atoms with Gasteiger partial charge in [0.2, 0.25) is 0 Å². The van der Waals surface area contributed by atoms with Crippen LogP contribution in [0.1, 0.15) is 49.9 Å². The van der Waals surface area contributed by atoms with Gasteiger partial charge in [-0.05, 0) is 59.1 Å². The van der Waals surface area contributed by atoms with E-state index >= 15 is 0 Å². The van der Waals surface area contributed by atoms with Crippen LogP contribution in [0.5, 0.6) is 0 Å². The van der Waals surface area contributed by atoms with Gasteiger partial charge in [-0.25, -0.2) is 9.18 Å². The molecule has 1 amide bonds. The van der Waals surface area contributed by atoms with Crippen LogP contribution >= 0.6 is 0 Å². The summed E-state index contributed by atoms with van der Waals surface area (Å²) in [5.41, 5.74) is 4.15. The van der Waals surface area contributed by atoms with E-state index < -0.39 is 12.1 Å². The van der Waals surface area contributed by atoms with Crippen LogP contribution in [0.25, 0.3) is 11.1 Å². The van der Waals surface area contributed by atoms with Gasteiger partial charge in [-0.1, -0.05) is 45.0 Å². The lowest BCUT2D eigenvalue weighted by Gasteiger charge is -2.40. The van der Waals surface area contributed by atoms with E-state index in [1.54, 1.807) is 0 Å². The Morgan fingerprint density at radius 2 is 2.08 bits per heavy atom. The first kappa shape index (κ1) is 17.5. The standard InChI is InChI=1S/C21H24FNO2/c1-4-13-6-5-7-14(10-13)16-11-15-8-9-21(2,3)19(23-20(24)25)17(15)12-18(16)22/h5-7,10-12,19,23H,4,8-9H2,1-3H3,(H,24,25)/t19-/m0/s1. The van der Waals surface area contributed by atoms with Gasteiger partial charge in [-0.3, -0.25) is 0 Å². The minimum absolute atomic E-state index is 0.249. The van der Waals surface area contributed by atoms with E-state index in [1.807, 2.05) is 44.2 Å². The van der Waals surface area contributed by atoms with Crippen molar-refractivity contribution >= 4 is 6.09 Å². The Hall–Kier alpha value is -2.36. The number of rotatable bonds is 3. The molecule has 3 nitrogen and oxygen atoms in total. The fraction of sp³-hybridized carbons (Fsp3) is 0.381. The maximum Gasteiger partial charge on any atom is 0.405 e. The molecule has 2 aromatic rings. The number of nitrogens with one attached hydrogen (secondary N) is 1. The lowest BCUT2D eigenvalue weighted by Crippen LogP contribution is -2.40. The molecule has 3 rings (SSSR count). The zero-order chi connectivity index (χ0) is 18.2. The molecule has 2 N–H and O–H groups in total. The third-order valence-corrected chi connectivity index (χ3v) is 5.27. The zero-order valence-electron chi connectivity index (χ0n) is 14.9. The first-order valence-electron chi connectivity index (χ1n) is 8.73. The summed E-state index contributed by atoms with van der Waals surface area (Å²) in [6, 6.07) is 10.9. The Labute approximate surface area is 147 Å². The summed E-state index contributed by atoms with van der Waals surface area (Å²) in [7, 11) is 0. The van der Waals surface area contributed by atoms with Crippen LogP contribution in [0.2, 0.25) is 0 Å².